The van der Waals surface area contributed by atoms with Gasteiger partial charge in [-0.1, -0.05) is 13.0 Å². The summed E-state index contributed by atoms with van der Waals surface area (Å²) in [6.07, 6.45) is 1.80. The molecule has 2 aromatic rings. The number of carbonyl (C=O) groups is 1. The van der Waals surface area contributed by atoms with E-state index < -0.39 is 10.0 Å². The van der Waals surface area contributed by atoms with E-state index in [4.69, 9.17) is 0 Å². The molecule has 0 radical (unpaired) electrons. The molecule has 1 atom stereocenters. The standard InChI is InChI=1S/C21H26FN3O3S/c1-3-21(26)23-16-7-9-18(10-8-16)29(27,28)24-17-5-4-12-25(14-17)20-13-15(2)6-11-19(20)22/h6-11,13,17,24H,3-5,12,14H2,1-2H3,(H,23,26). The molecule has 0 aliphatic carbocycles. The van der Waals surface area contributed by atoms with Gasteiger partial charge in [0.2, 0.25) is 15.9 Å². The van der Waals surface area contributed by atoms with Crippen molar-refractivity contribution >= 4 is 27.3 Å². The quantitative estimate of drug-likeness (QED) is 0.752. The number of piperidine rings is 1. The number of anilines is 2. The number of amides is 1. The molecule has 1 saturated heterocycles. The Kier molecular flexibility index (Phi) is 6.54. The lowest BCUT2D eigenvalue weighted by Gasteiger charge is -2.35. The molecule has 8 heteroatoms. The fourth-order valence-electron chi connectivity index (χ4n) is 3.41. The lowest BCUT2D eigenvalue weighted by atomic mass is 10.1. The third kappa shape index (κ3) is 5.33. The fraction of sp³-hybridized carbons (Fsp3) is 0.381. The Morgan fingerprint density at radius 3 is 2.62 bits per heavy atom. The van der Waals surface area contributed by atoms with E-state index in [1.165, 1.54) is 18.2 Å². The molecule has 1 aliphatic heterocycles. The van der Waals surface area contributed by atoms with Gasteiger partial charge in [0.05, 0.1) is 10.6 Å². The van der Waals surface area contributed by atoms with Crippen LogP contribution in [0.5, 0.6) is 0 Å². The number of sulfonamides is 1. The zero-order valence-corrected chi connectivity index (χ0v) is 17.4. The highest BCUT2D eigenvalue weighted by Gasteiger charge is 2.26. The van der Waals surface area contributed by atoms with Crippen LogP contribution in [0.1, 0.15) is 31.7 Å². The highest BCUT2D eigenvalue weighted by atomic mass is 32.2. The minimum absolute atomic E-state index is 0.130. The van der Waals surface area contributed by atoms with E-state index in [2.05, 4.69) is 10.0 Å². The van der Waals surface area contributed by atoms with Crippen molar-refractivity contribution in [3.8, 4) is 0 Å². The summed E-state index contributed by atoms with van der Waals surface area (Å²) in [5.74, 6) is -0.437. The smallest absolute Gasteiger partial charge is 0.240 e. The van der Waals surface area contributed by atoms with Crippen molar-refractivity contribution in [2.24, 2.45) is 0 Å². The number of rotatable bonds is 6. The Morgan fingerprint density at radius 1 is 1.21 bits per heavy atom. The molecule has 0 bridgehead atoms. The number of benzene rings is 2. The van der Waals surface area contributed by atoms with Gasteiger partial charge in [0.1, 0.15) is 5.82 Å². The first-order valence-electron chi connectivity index (χ1n) is 9.72. The fourth-order valence-corrected chi connectivity index (χ4v) is 4.67. The molecule has 0 aromatic heterocycles. The third-order valence-electron chi connectivity index (χ3n) is 4.96. The molecule has 1 heterocycles. The topological polar surface area (TPSA) is 78.5 Å². The summed E-state index contributed by atoms with van der Waals surface area (Å²) in [4.78, 5) is 13.5. The molecule has 0 spiro atoms. The molecular weight excluding hydrogens is 393 g/mol. The van der Waals surface area contributed by atoms with Crippen LogP contribution in [0.15, 0.2) is 47.4 Å². The SMILES string of the molecule is CCC(=O)Nc1ccc(S(=O)(=O)NC2CCCN(c3cc(C)ccc3F)C2)cc1. The highest BCUT2D eigenvalue weighted by Crippen LogP contribution is 2.25. The van der Waals surface area contributed by atoms with Gasteiger partial charge in [0.25, 0.3) is 0 Å². The molecule has 2 aromatic carbocycles. The van der Waals surface area contributed by atoms with Crippen molar-refractivity contribution in [3.63, 3.8) is 0 Å². The summed E-state index contributed by atoms with van der Waals surface area (Å²) < 4.78 is 42.5. The van der Waals surface area contributed by atoms with E-state index in [1.54, 1.807) is 31.2 Å². The molecule has 1 aliphatic rings. The summed E-state index contributed by atoms with van der Waals surface area (Å²) >= 11 is 0. The average Bonchev–Trinajstić information content (AvgIpc) is 2.70. The first kappa shape index (κ1) is 21.3. The molecule has 0 saturated carbocycles. The van der Waals surface area contributed by atoms with Crippen molar-refractivity contribution in [2.75, 3.05) is 23.3 Å². The van der Waals surface area contributed by atoms with E-state index in [0.29, 0.717) is 37.3 Å². The van der Waals surface area contributed by atoms with Gasteiger partial charge < -0.3 is 10.2 Å². The largest absolute Gasteiger partial charge is 0.368 e. The second-order valence-electron chi connectivity index (χ2n) is 7.29. The Labute approximate surface area is 171 Å². The Bertz CT molecular complexity index is 977. The lowest BCUT2D eigenvalue weighted by molar-refractivity contribution is -0.115. The van der Waals surface area contributed by atoms with Crippen LogP contribution in [-0.2, 0) is 14.8 Å². The van der Waals surface area contributed by atoms with Crippen molar-refractivity contribution in [1.82, 2.24) is 4.72 Å². The van der Waals surface area contributed by atoms with Crippen molar-refractivity contribution in [1.29, 1.82) is 0 Å². The van der Waals surface area contributed by atoms with E-state index in [0.717, 1.165) is 12.0 Å². The molecule has 1 unspecified atom stereocenters. The molecule has 2 N–H and O–H groups in total. The molecule has 1 amide bonds. The van der Waals surface area contributed by atoms with Crippen LogP contribution in [0.4, 0.5) is 15.8 Å². The third-order valence-corrected chi connectivity index (χ3v) is 6.49. The Balaban J connectivity index is 1.69. The first-order valence-corrected chi connectivity index (χ1v) is 11.2. The van der Waals surface area contributed by atoms with Crippen molar-refractivity contribution < 1.29 is 17.6 Å². The monoisotopic (exact) mass is 419 g/mol. The number of aryl methyl sites for hydroxylation is 1. The van der Waals surface area contributed by atoms with Crippen LogP contribution in [0.25, 0.3) is 0 Å². The second kappa shape index (κ2) is 8.92. The van der Waals surface area contributed by atoms with Gasteiger partial charge in [-0.2, -0.15) is 0 Å². The van der Waals surface area contributed by atoms with Gasteiger partial charge >= 0.3 is 0 Å². The van der Waals surface area contributed by atoms with Gasteiger partial charge in [-0.15, -0.1) is 0 Å². The van der Waals surface area contributed by atoms with Crippen LogP contribution in [0, 0.1) is 12.7 Å². The molecule has 6 nitrogen and oxygen atoms in total. The van der Waals surface area contributed by atoms with Crippen LogP contribution in [0.3, 0.4) is 0 Å². The van der Waals surface area contributed by atoms with Gasteiger partial charge in [-0.05, 0) is 61.7 Å². The van der Waals surface area contributed by atoms with E-state index in [9.17, 15) is 17.6 Å². The molecule has 3 rings (SSSR count). The zero-order chi connectivity index (χ0) is 21.0. The first-order chi connectivity index (χ1) is 13.8. The van der Waals surface area contributed by atoms with Crippen LogP contribution in [-0.4, -0.2) is 33.5 Å². The van der Waals surface area contributed by atoms with E-state index in [1.807, 2.05) is 11.8 Å². The van der Waals surface area contributed by atoms with Gasteiger partial charge in [-0.25, -0.2) is 17.5 Å². The predicted octanol–water partition coefficient (Wildman–Crippen LogP) is 3.43. The van der Waals surface area contributed by atoms with E-state index in [-0.39, 0.29) is 22.7 Å². The number of halogens is 1. The lowest BCUT2D eigenvalue weighted by Crippen LogP contribution is -2.48. The van der Waals surface area contributed by atoms with Gasteiger partial charge in [0, 0.05) is 31.2 Å². The number of carbonyl (C=O) groups excluding carboxylic acids is 1. The van der Waals surface area contributed by atoms with Crippen molar-refractivity contribution in [3.05, 3.63) is 53.8 Å². The normalized spacial score (nSPS) is 17.2. The number of nitrogens with one attached hydrogen (secondary N) is 2. The minimum atomic E-state index is -3.72. The zero-order valence-electron chi connectivity index (χ0n) is 16.6. The van der Waals surface area contributed by atoms with Gasteiger partial charge in [-0.3, -0.25) is 4.79 Å². The Morgan fingerprint density at radius 2 is 1.93 bits per heavy atom. The minimum Gasteiger partial charge on any atom is -0.368 e. The van der Waals surface area contributed by atoms with Crippen LogP contribution < -0.4 is 14.9 Å². The van der Waals surface area contributed by atoms with Gasteiger partial charge in [0.15, 0.2) is 0 Å². The number of hydrogen-bond acceptors (Lipinski definition) is 4. The summed E-state index contributed by atoms with van der Waals surface area (Å²) in [6.45, 7) is 4.74. The summed E-state index contributed by atoms with van der Waals surface area (Å²) in [6, 6.07) is 10.7. The van der Waals surface area contributed by atoms with Crippen molar-refractivity contribution in [2.45, 2.75) is 44.0 Å². The predicted molar refractivity (Wildman–Crippen MR) is 112 cm³/mol. The number of hydrogen-bond donors (Lipinski definition) is 2. The maximum atomic E-state index is 14.2. The molecule has 29 heavy (non-hydrogen) atoms. The van der Waals surface area contributed by atoms with E-state index >= 15 is 0 Å². The summed E-state index contributed by atoms with van der Waals surface area (Å²) in [5.41, 5.74) is 2.01. The summed E-state index contributed by atoms with van der Waals surface area (Å²) in [7, 11) is -3.72. The maximum Gasteiger partial charge on any atom is 0.240 e. The average molecular weight is 420 g/mol. The molecule has 1 fully saturated rings. The van der Waals surface area contributed by atoms with Crippen LogP contribution >= 0.6 is 0 Å². The summed E-state index contributed by atoms with van der Waals surface area (Å²) in [5, 5.41) is 2.69. The highest BCUT2D eigenvalue weighted by molar-refractivity contribution is 7.89. The maximum absolute atomic E-state index is 14.2. The number of nitrogens with zero attached hydrogens (tertiary/aromatic N) is 1. The Hall–Kier alpha value is -2.45. The second-order valence-corrected chi connectivity index (χ2v) is 9.00. The molecular formula is C21H26FN3O3S. The molecule has 156 valence electrons. The van der Waals surface area contributed by atoms with Crippen LogP contribution in [0.2, 0.25) is 0 Å².